The van der Waals surface area contributed by atoms with Crippen molar-refractivity contribution in [1.29, 1.82) is 0 Å². The van der Waals surface area contributed by atoms with Crippen molar-refractivity contribution in [2.24, 2.45) is 0 Å². The SMILES string of the molecule is N.O=S(=O)([O-])O.O=S(=O)([O-])[O-].O=S(=O)([O-])[O-].[Al+3].[Be+2]. The van der Waals surface area contributed by atoms with Gasteiger partial charge in [-0.05, 0) is 0 Å². The Hall–Kier alpha value is 0.271. The molecule has 0 atom stereocenters. The maximum atomic E-state index is 8.63. The molecule has 0 amide bonds. The summed E-state index contributed by atoms with van der Waals surface area (Å²) in [6, 6.07) is 0. The van der Waals surface area contributed by atoms with Gasteiger partial charge in [0.05, 0.1) is 0 Å². The largest absolute Gasteiger partial charge is 3.00 e. The van der Waals surface area contributed by atoms with Gasteiger partial charge in [0.25, 0.3) is 0 Å². The first-order chi connectivity index (χ1) is 6.00. The van der Waals surface area contributed by atoms with Crippen molar-refractivity contribution < 1.29 is 52.6 Å². The molecule has 0 aromatic carbocycles. The monoisotopic (exact) mass is 342 g/mol. The molecule has 0 rings (SSSR count). The van der Waals surface area contributed by atoms with Gasteiger partial charge in [0.15, 0.2) is 0 Å². The van der Waals surface area contributed by atoms with Gasteiger partial charge in [-0.1, -0.05) is 0 Å². The van der Waals surface area contributed by atoms with Crippen molar-refractivity contribution in [3.05, 3.63) is 0 Å². The van der Waals surface area contributed by atoms with Gasteiger partial charge in [-0.15, -0.1) is 0 Å². The molecule has 18 heavy (non-hydrogen) atoms. The first-order valence-electron chi connectivity index (χ1n) is 2.02. The maximum Gasteiger partial charge on any atom is 3.00 e. The summed E-state index contributed by atoms with van der Waals surface area (Å²) in [7, 11) is -15.2. The van der Waals surface area contributed by atoms with E-state index in [9.17, 15) is 0 Å². The van der Waals surface area contributed by atoms with Crippen LogP contribution in [0.5, 0.6) is 0 Å². The summed E-state index contributed by atoms with van der Waals surface area (Å²) in [5, 5.41) is 0. The molecule has 0 aliphatic carbocycles. The topological polar surface area (TPSA) is 273 Å². The average molecular weight is 342 g/mol. The van der Waals surface area contributed by atoms with Crippen LogP contribution in [-0.4, -0.2) is 80.1 Å². The van der Waals surface area contributed by atoms with Gasteiger partial charge in [-0.2, -0.15) is 0 Å². The Morgan fingerprint density at radius 1 is 0.667 bits per heavy atom. The van der Waals surface area contributed by atoms with Crippen LogP contribution in [0.3, 0.4) is 0 Å². The van der Waals surface area contributed by atoms with Crippen LogP contribution in [0.2, 0.25) is 0 Å². The zero-order valence-corrected chi connectivity index (χ0v) is 11.8. The fourth-order valence-electron chi connectivity index (χ4n) is 0. The molecule has 0 saturated carbocycles. The third-order valence-electron chi connectivity index (χ3n) is 0. The fraction of sp³-hybridized carbons (Fsp3) is 0. The predicted octanol–water partition coefficient (Wildman–Crippen LogP) is -4.27. The van der Waals surface area contributed by atoms with E-state index in [1.807, 2.05) is 0 Å². The van der Waals surface area contributed by atoms with Crippen LogP contribution in [0.4, 0.5) is 0 Å². The van der Waals surface area contributed by atoms with E-state index in [0.717, 1.165) is 0 Å². The molecular weight excluding hydrogens is 338 g/mol. The van der Waals surface area contributed by atoms with E-state index in [1.165, 1.54) is 0 Å². The predicted molar refractivity (Wildman–Crippen MR) is 49.8 cm³/mol. The second-order valence-corrected chi connectivity index (χ2v) is 3.73. The van der Waals surface area contributed by atoms with E-state index in [1.54, 1.807) is 0 Å². The van der Waals surface area contributed by atoms with Crippen molar-refractivity contribution in [1.82, 2.24) is 6.15 Å². The minimum absolute atomic E-state index is 0. The molecule has 0 saturated heterocycles. The van der Waals surface area contributed by atoms with Gasteiger partial charge in [-0.25, -0.2) is 8.42 Å². The molecule has 18 heteroatoms. The Bertz CT molecular complexity index is 348. The van der Waals surface area contributed by atoms with Crippen molar-refractivity contribution in [3.63, 3.8) is 0 Å². The standard InChI is InChI=1S/Al.Be.H3N.3H2O4S/c;;;3*1-5(2,3)4/h;;1H3;3*(H2,1,2,3,4)/q+3;+2;;;;/p-5. The van der Waals surface area contributed by atoms with E-state index < -0.39 is 31.2 Å². The second-order valence-electron chi connectivity index (χ2n) is 1.24. The molecule has 0 aromatic rings. The molecule has 0 aliphatic rings. The molecule has 104 valence electrons. The van der Waals surface area contributed by atoms with E-state index in [4.69, 9.17) is 52.6 Å². The van der Waals surface area contributed by atoms with Crippen LogP contribution in [-0.2, 0) is 31.2 Å². The molecule has 0 unspecified atom stereocenters. The smallest absolute Gasteiger partial charge is 0.759 e. The van der Waals surface area contributed by atoms with Crippen molar-refractivity contribution in [2.45, 2.75) is 0 Å². The van der Waals surface area contributed by atoms with E-state index in [2.05, 4.69) is 0 Å². The maximum absolute atomic E-state index is 8.63. The number of hydrogen-bond acceptors (Lipinski definition) is 12. The van der Waals surface area contributed by atoms with Crippen LogP contribution in [0, 0.1) is 0 Å². The third kappa shape index (κ3) is 51600. The van der Waals surface area contributed by atoms with Crippen molar-refractivity contribution in [3.8, 4) is 0 Å². The first-order valence-corrected chi connectivity index (χ1v) is 6.05. The summed E-state index contributed by atoms with van der Waals surface area (Å²) in [4.78, 5) is 0. The minimum Gasteiger partial charge on any atom is -0.759 e. The van der Waals surface area contributed by atoms with Gasteiger partial charge < -0.3 is 28.9 Å². The Labute approximate surface area is 117 Å². The summed E-state index contributed by atoms with van der Waals surface area (Å²) >= 11 is 0. The summed E-state index contributed by atoms with van der Waals surface area (Å²) in [5.41, 5.74) is 0. The second kappa shape index (κ2) is 13.7. The van der Waals surface area contributed by atoms with Crippen LogP contribution >= 0.6 is 0 Å². The van der Waals surface area contributed by atoms with Crippen LogP contribution in [0.1, 0.15) is 0 Å². The zero-order valence-electron chi connectivity index (χ0n) is 8.15. The molecule has 0 spiro atoms. The Kier molecular flexibility index (Phi) is 27.5. The molecule has 0 heterocycles. The number of rotatable bonds is 0. The molecule has 0 radical (unpaired) electrons. The van der Waals surface area contributed by atoms with Crippen LogP contribution in [0.25, 0.3) is 0 Å². The van der Waals surface area contributed by atoms with Crippen molar-refractivity contribution >= 4 is 58.7 Å². The molecule has 0 aromatic heterocycles. The van der Waals surface area contributed by atoms with E-state index in [-0.39, 0.29) is 33.6 Å². The molecule has 4 N–H and O–H groups in total. The van der Waals surface area contributed by atoms with Gasteiger partial charge in [0.2, 0.25) is 10.4 Å². The first kappa shape index (κ1) is 36.2. The number of hydrogen-bond donors (Lipinski definition) is 2. The zero-order chi connectivity index (χ0) is 13.5. The van der Waals surface area contributed by atoms with Gasteiger partial charge in [-0.3, -0.25) is 21.4 Å². The summed E-state index contributed by atoms with van der Waals surface area (Å²) < 4.78 is 101. The molecular formula is H4AlBeNO12S3. The molecule has 0 bridgehead atoms. The van der Waals surface area contributed by atoms with Crippen LogP contribution in [0.15, 0.2) is 0 Å². The van der Waals surface area contributed by atoms with E-state index in [0.29, 0.717) is 0 Å². The van der Waals surface area contributed by atoms with Crippen LogP contribution < -0.4 is 6.15 Å². The fourth-order valence-corrected chi connectivity index (χ4v) is 0. The molecule has 13 nitrogen and oxygen atoms in total. The molecule has 0 aliphatic heterocycles. The van der Waals surface area contributed by atoms with Gasteiger partial charge in [0.1, 0.15) is 0 Å². The Balaban J connectivity index is -0.0000000277. The Morgan fingerprint density at radius 2 is 0.667 bits per heavy atom. The summed E-state index contributed by atoms with van der Waals surface area (Å²) in [5.74, 6) is 0. The third-order valence-corrected chi connectivity index (χ3v) is 0. The quantitative estimate of drug-likeness (QED) is 0.240. The Morgan fingerprint density at radius 3 is 0.667 bits per heavy atom. The minimum atomic E-state index is -5.17. The summed E-state index contributed by atoms with van der Waals surface area (Å²) in [6.07, 6.45) is 0. The molecule has 0 fully saturated rings. The van der Waals surface area contributed by atoms with E-state index >= 15 is 0 Å². The average Bonchev–Trinajstić information content (AvgIpc) is 1.41. The summed E-state index contributed by atoms with van der Waals surface area (Å²) in [6.45, 7) is 0. The van der Waals surface area contributed by atoms with Crippen molar-refractivity contribution in [2.75, 3.05) is 0 Å². The van der Waals surface area contributed by atoms with Gasteiger partial charge >= 0.3 is 27.5 Å². The van der Waals surface area contributed by atoms with Gasteiger partial charge in [0, 0.05) is 20.8 Å². The normalized spacial score (nSPS) is 9.67.